The number of carbonyl (C=O) groups is 2. The van der Waals surface area contributed by atoms with Gasteiger partial charge in [-0.1, -0.05) is 0 Å². The van der Waals surface area contributed by atoms with Gasteiger partial charge in [0.05, 0.1) is 6.26 Å². The molecular weight excluding hydrogens is 260 g/mol. The maximum absolute atomic E-state index is 11.5. The van der Waals surface area contributed by atoms with Gasteiger partial charge in [0, 0.05) is 12.5 Å². The molecule has 0 aliphatic rings. The predicted molar refractivity (Wildman–Crippen MR) is 62.9 cm³/mol. The molecule has 7 heteroatoms. The topological polar surface area (TPSA) is 86.7 Å². The highest BCUT2D eigenvalue weighted by Gasteiger charge is 2.10. The smallest absolute Gasteiger partial charge is 0.308 e. The maximum Gasteiger partial charge on any atom is 0.308 e. The molecule has 18 heavy (non-hydrogen) atoms. The minimum atomic E-state index is -3.64. The van der Waals surface area contributed by atoms with Crippen LogP contribution in [0.2, 0.25) is 0 Å². The number of benzene rings is 1. The average molecular weight is 272 g/mol. The van der Waals surface area contributed by atoms with Crippen molar-refractivity contribution in [2.45, 2.75) is 6.92 Å². The Kier molecular flexibility index (Phi) is 4.57. The predicted octanol–water partition coefficient (Wildman–Crippen LogP) is 0.771. The molecule has 0 unspecified atom stereocenters. The van der Waals surface area contributed by atoms with E-state index in [1.165, 1.54) is 31.2 Å². The Morgan fingerprint density at radius 1 is 1.17 bits per heavy atom. The van der Waals surface area contributed by atoms with Gasteiger partial charge in [-0.05, 0) is 24.3 Å². The summed E-state index contributed by atoms with van der Waals surface area (Å²) in [5, 5.41) is 0. The molecule has 98 valence electrons. The van der Waals surface area contributed by atoms with E-state index in [4.69, 9.17) is 4.74 Å². The van der Waals surface area contributed by atoms with Gasteiger partial charge in [-0.3, -0.25) is 13.8 Å². The number of ketones is 1. The highest BCUT2D eigenvalue weighted by Crippen LogP contribution is 2.13. The van der Waals surface area contributed by atoms with Crippen LogP contribution < -0.4 is 4.74 Å². The van der Waals surface area contributed by atoms with Gasteiger partial charge in [0.2, 0.25) is 0 Å². The highest BCUT2D eigenvalue weighted by molar-refractivity contribution is 7.86. The molecular formula is C11H12O6S. The second-order valence-electron chi connectivity index (χ2n) is 3.51. The Morgan fingerprint density at radius 2 is 1.72 bits per heavy atom. The molecule has 0 bridgehead atoms. The van der Waals surface area contributed by atoms with E-state index >= 15 is 0 Å². The van der Waals surface area contributed by atoms with Gasteiger partial charge in [0.1, 0.15) is 12.4 Å². The lowest BCUT2D eigenvalue weighted by molar-refractivity contribution is -0.131. The summed E-state index contributed by atoms with van der Waals surface area (Å²) in [4.78, 5) is 22.2. The van der Waals surface area contributed by atoms with Crippen LogP contribution in [-0.4, -0.2) is 33.0 Å². The normalized spacial score (nSPS) is 11.0. The fourth-order valence-electron chi connectivity index (χ4n) is 1.12. The van der Waals surface area contributed by atoms with Crippen molar-refractivity contribution in [1.29, 1.82) is 0 Å². The van der Waals surface area contributed by atoms with E-state index < -0.39 is 28.5 Å². The molecule has 1 rings (SSSR count). The molecule has 0 atom stereocenters. The van der Waals surface area contributed by atoms with Crippen LogP contribution in [0.3, 0.4) is 0 Å². The molecule has 6 nitrogen and oxygen atoms in total. The zero-order valence-electron chi connectivity index (χ0n) is 9.87. The second-order valence-corrected chi connectivity index (χ2v) is 5.15. The van der Waals surface area contributed by atoms with Crippen molar-refractivity contribution >= 4 is 21.9 Å². The minimum absolute atomic E-state index is 0.273. The third-order valence-electron chi connectivity index (χ3n) is 1.84. The van der Waals surface area contributed by atoms with Crippen LogP contribution >= 0.6 is 0 Å². The van der Waals surface area contributed by atoms with Gasteiger partial charge in [-0.25, -0.2) is 0 Å². The Hall–Kier alpha value is -1.73. The fraction of sp³-hybridized carbons (Fsp3) is 0.273. The molecule has 0 spiro atoms. The van der Waals surface area contributed by atoms with Crippen molar-refractivity contribution in [2.75, 3.05) is 12.9 Å². The number of carbonyl (C=O) groups excluding carboxylic acids is 2. The minimum Gasteiger partial charge on any atom is -0.427 e. The Labute approximate surface area is 105 Å². The quantitative estimate of drug-likeness (QED) is 0.340. The SMILES string of the molecule is CC(=O)Oc1ccc(C(=O)COS(C)(=O)=O)cc1. The lowest BCUT2D eigenvalue weighted by Gasteiger charge is -2.03. The molecule has 1 aromatic rings. The van der Waals surface area contributed by atoms with Gasteiger partial charge in [0.15, 0.2) is 5.78 Å². The van der Waals surface area contributed by atoms with E-state index in [-0.39, 0.29) is 5.56 Å². The summed E-state index contributed by atoms with van der Waals surface area (Å²) in [7, 11) is -3.64. The highest BCUT2D eigenvalue weighted by atomic mass is 32.2. The third kappa shape index (κ3) is 5.07. The van der Waals surface area contributed by atoms with Crippen LogP contribution in [0.5, 0.6) is 5.75 Å². The molecule has 0 aromatic heterocycles. The first kappa shape index (κ1) is 14.3. The van der Waals surface area contributed by atoms with Gasteiger partial charge in [-0.15, -0.1) is 0 Å². The van der Waals surface area contributed by atoms with Crippen molar-refractivity contribution in [3.8, 4) is 5.75 Å². The van der Waals surface area contributed by atoms with Crippen LogP contribution in [0.4, 0.5) is 0 Å². The summed E-state index contributed by atoms with van der Waals surface area (Å²) in [6.45, 7) is 0.713. The standard InChI is InChI=1S/C11H12O6S/c1-8(12)17-10-5-3-9(4-6-10)11(13)7-16-18(2,14)15/h3-6H,7H2,1-2H3. The number of Topliss-reactive ketones (excluding diaryl/α,β-unsaturated/α-hetero) is 1. The molecule has 0 amide bonds. The van der Waals surface area contributed by atoms with Crippen molar-refractivity contribution in [1.82, 2.24) is 0 Å². The van der Waals surface area contributed by atoms with Crippen LogP contribution in [0, 0.1) is 0 Å². The van der Waals surface area contributed by atoms with Crippen molar-refractivity contribution in [2.24, 2.45) is 0 Å². The van der Waals surface area contributed by atoms with Crippen LogP contribution in [0.1, 0.15) is 17.3 Å². The second kappa shape index (κ2) is 5.74. The van der Waals surface area contributed by atoms with E-state index in [0.29, 0.717) is 5.75 Å². The van der Waals surface area contributed by atoms with Gasteiger partial charge in [0.25, 0.3) is 10.1 Å². The Bertz CT molecular complexity index is 543. The van der Waals surface area contributed by atoms with Crippen molar-refractivity contribution in [3.63, 3.8) is 0 Å². The largest absolute Gasteiger partial charge is 0.427 e. The molecule has 0 heterocycles. The summed E-state index contributed by atoms with van der Waals surface area (Å²) < 4.78 is 30.6. The summed E-state index contributed by atoms with van der Waals surface area (Å²) in [5.74, 6) is -0.632. The number of rotatable bonds is 5. The summed E-state index contributed by atoms with van der Waals surface area (Å²) in [6, 6.07) is 5.72. The van der Waals surface area contributed by atoms with Gasteiger partial charge in [-0.2, -0.15) is 8.42 Å². The van der Waals surface area contributed by atoms with E-state index in [0.717, 1.165) is 6.26 Å². The van der Waals surface area contributed by atoms with Crippen LogP contribution in [-0.2, 0) is 19.1 Å². The number of hydrogen-bond donors (Lipinski definition) is 0. The first-order chi connectivity index (χ1) is 8.28. The Morgan fingerprint density at radius 3 is 2.17 bits per heavy atom. The lowest BCUT2D eigenvalue weighted by atomic mass is 10.1. The zero-order valence-corrected chi connectivity index (χ0v) is 10.7. The van der Waals surface area contributed by atoms with Crippen molar-refractivity contribution in [3.05, 3.63) is 29.8 Å². The fourth-order valence-corrected chi connectivity index (χ4v) is 1.44. The first-order valence-electron chi connectivity index (χ1n) is 4.94. The molecule has 0 saturated carbocycles. The summed E-state index contributed by atoms with van der Waals surface area (Å²) in [6.07, 6.45) is 0.865. The molecule has 0 fully saturated rings. The monoisotopic (exact) mass is 272 g/mol. The summed E-state index contributed by atoms with van der Waals surface area (Å²) in [5.41, 5.74) is 0.273. The average Bonchev–Trinajstić information content (AvgIpc) is 2.25. The van der Waals surface area contributed by atoms with E-state index in [1.54, 1.807) is 0 Å². The summed E-state index contributed by atoms with van der Waals surface area (Å²) >= 11 is 0. The van der Waals surface area contributed by atoms with E-state index in [2.05, 4.69) is 4.18 Å². The maximum atomic E-state index is 11.5. The first-order valence-corrected chi connectivity index (χ1v) is 6.75. The van der Waals surface area contributed by atoms with Crippen LogP contribution in [0.15, 0.2) is 24.3 Å². The van der Waals surface area contributed by atoms with E-state index in [9.17, 15) is 18.0 Å². The number of esters is 1. The molecule has 0 aliphatic heterocycles. The zero-order chi connectivity index (χ0) is 13.8. The van der Waals surface area contributed by atoms with Crippen LogP contribution in [0.25, 0.3) is 0 Å². The molecule has 1 aromatic carbocycles. The van der Waals surface area contributed by atoms with E-state index in [1.807, 2.05) is 0 Å². The lowest BCUT2D eigenvalue weighted by Crippen LogP contribution is -2.13. The molecule has 0 N–H and O–H groups in total. The molecule has 0 radical (unpaired) electrons. The Balaban J connectivity index is 2.67. The van der Waals surface area contributed by atoms with Crippen molar-refractivity contribution < 1.29 is 26.9 Å². The molecule has 0 aliphatic carbocycles. The number of ether oxygens (including phenoxy) is 1. The molecule has 0 saturated heterocycles. The third-order valence-corrected chi connectivity index (χ3v) is 2.39. The van der Waals surface area contributed by atoms with Gasteiger partial charge >= 0.3 is 5.97 Å². The van der Waals surface area contributed by atoms with Gasteiger partial charge < -0.3 is 4.74 Å². The number of hydrogen-bond acceptors (Lipinski definition) is 6.